The molecule has 0 aliphatic rings. The van der Waals surface area contributed by atoms with Crippen LogP contribution in [0.5, 0.6) is 0 Å². The van der Waals surface area contributed by atoms with E-state index in [9.17, 15) is 5.11 Å². The van der Waals surface area contributed by atoms with Crippen LogP contribution in [0.3, 0.4) is 0 Å². The summed E-state index contributed by atoms with van der Waals surface area (Å²) in [6.45, 7) is 5.42. The Labute approximate surface area is 112 Å². The fraction of sp³-hybridized carbons (Fsp3) is 0.429. The topological polar surface area (TPSA) is 23.5 Å². The summed E-state index contributed by atoms with van der Waals surface area (Å²) in [6, 6.07) is 5.94. The van der Waals surface area contributed by atoms with Crippen molar-refractivity contribution in [3.63, 3.8) is 0 Å². The second-order valence-electron chi connectivity index (χ2n) is 4.01. The molecule has 0 spiro atoms. The fourth-order valence-corrected chi connectivity index (χ4v) is 2.43. The van der Waals surface area contributed by atoms with Gasteiger partial charge in [0.05, 0.1) is 12.6 Å². The standard InChI is InChI=1S/C14H18BrNO/c1-4-8-16(9-5-2)12-6-7-13(11(3)17)14(15)10-12/h1,6-7,10-11,17H,5,8-9H2,2-3H3. The molecular formula is C14H18BrNO. The third-order valence-corrected chi connectivity index (χ3v) is 3.26. The van der Waals surface area contributed by atoms with Gasteiger partial charge in [-0.3, -0.25) is 0 Å². The van der Waals surface area contributed by atoms with Gasteiger partial charge in [0.2, 0.25) is 0 Å². The van der Waals surface area contributed by atoms with Crippen LogP contribution in [0.15, 0.2) is 22.7 Å². The molecule has 1 rings (SSSR count). The van der Waals surface area contributed by atoms with Crippen LogP contribution in [0, 0.1) is 12.3 Å². The number of hydrogen-bond acceptors (Lipinski definition) is 2. The van der Waals surface area contributed by atoms with Crippen molar-refractivity contribution in [2.75, 3.05) is 18.0 Å². The fourth-order valence-electron chi connectivity index (χ4n) is 1.73. The molecule has 0 aromatic heterocycles. The van der Waals surface area contributed by atoms with Gasteiger partial charge in [-0.2, -0.15) is 0 Å². The maximum Gasteiger partial charge on any atom is 0.0791 e. The zero-order chi connectivity index (χ0) is 12.8. The second-order valence-corrected chi connectivity index (χ2v) is 4.86. The van der Waals surface area contributed by atoms with Gasteiger partial charge in [-0.1, -0.05) is 34.8 Å². The zero-order valence-electron chi connectivity index (χ0n) is 10.3. The van der Waals surface area contributed by atoms with Crippen LogP contribution >= 0.6 is 15.9 Å². The second kappa shape index (κ2) is 6.68. The molecule has 2 nitrogen and oxygen atoms in total. The van der Waals surface area contributed by atoms with Gasteiger partial charge in [-0.15, -0.1) is 6.42 Å². The molecular weight excluding hydrogens is 278 g/mol. The van der Waals surface area contributed by atoms with Gasteiger partial charge in [-0.05, 0) is 31.0 Å². The number of aliphatic hydroxyl groups excluding tert-OH is 1. The van der Waals surface area contributed by atoms with E-state index in [1.165, 1.54) is 0 Å². The molecule has 1 N–H and O–H groups in total. The summed E-state index contributed by atoms with van der Waals surface area (Å²) in [5, 5.41) is 9.56. The molecule has 3 heteroatoms. The van der Waals surface area contributed by atoms with Gasteiger partial charge >= 0.3 is 0 Å². The highest BCUT2D eigenvalue weighted by atomic mass is 79.9. The molecule has 0 radical (unpaired) electrons. The first-order chi connectivity index (χ1) is 8.10. The molecule has 0 amide bonds. The number of aliphatic hydroxyl groups is 1. The predicted molar refractivity (Wildman–Crippen MR) is 76.1 cm³/mol. The first-order valence-corrected chi connectivity index (χ1v) is 6.55. The minimum atomic E-state index is -0.467. The van der Waals surface area contributed by atoms with Gasteiger partial charge in [0.25, 0.3) is 0 Å². The lowest BCUT2D eigenvalue weighted by Crippen LogP contribution is -2.24. The summed E-state index contributed by atoms with van der Waals surface area (Å²) in [6.07, 6.45) is 5.96. The molecule has 92 valence electrons. The van der Waals surface area contributed by atoms with E-state index < -0.39 is 6.10 Å². The number of rotatable bonds is 5. The molecule has 0 aliphatic carbocycles. The first-order valence-electron chi connectivity index (χ1n) is 5.76. The Kier molecular flexibility index (Phi) is 5.54. The lowest BCUT2D eigenvalue weighted by atomic mass is 10.1. The molecule has 0 fully saturated rings. The Morgan fingerprint density at radius 2 is 2.24 bits per heavy atom. The highest BCUT2D eigenvalue weighted by Gasteiger charge is 2.09. The van der Waals surface area contributed by atoms with E-state index in [1.54, 1.807) is 6.92 Å². The summed E-state index contributed by atoms with van der Waals surface area (Å²) in [5.74, 6) is 2.67. The van der Waals surface area contributed by atoms with E-state index in [-0.39, 0.29) is 0 Å². The largest absolute Gasteiger partial charge is 0.389 e. The summed E-state index contributed by atoms with van der Waals surface area (Å²) >= 11 is 3.48. The van der Waals surface area contributed by atoms with Gasteiger partial charge in [-0.25, -0.2) is 0 Å². The van der Waals surface area contributed by atoms with Crippen molar-refractivity contribution in [2.45, 2.75) is 26.4 Å². The smallest absolute Gasteiger partial charge is 0.0791 e. The summed E-state index contributed by atoms with van der Waals surface area (Å²) in [7, 11) is 0. The Bertz CT molecular complexity index is 409. The maximum atomic E-state index is 9.56. The van der Waals surface area contributed by atoms with E-state index in [2.05, 4.69) is 33.7 Å². The van der Waals surface area contributed by atoms with E-state index >= 15 is 0 Å². The predicted octanol–water partition coefficient (Wildman–Crippen LogP) is 3.35. The van der Waals surface area contributed by atoms with Crippen molar-refractivity contribution in [2.24, 2.45) is 0 Å². The molecule has 0 aliphatic heterocycles. The Hall–Kier alpha value is -0.980. The van der Waals surface area contributed by atoms with Gasteiger partial charge in [0.1, 0.15) is 0 Å². The van der Waals surface area contributed by atoms with E-state index in [0.29, 0.717) is 6.54 Å². The van der Waals surface area contributed by atoms with Gasteiger partial charge in [0.15, 0.2) is 0 Å². The number of halogens is 1. The molecule has 1 aromatic carbocycles. The van der Waals surface area contributed by atoms with Crippen molar-refractivity contribution in [3.8, 4) is 12.3 Å². The van der Waals surface area contributed by atoms with Crippen molar-refractivity contribution < 1.29 is 5.11 Å². The van der Waals surface area contributed by atoms with Crippen LogP contribution in [-0.2, 0) is 0 Å². The van der Waals surface area contributed by atoms with Gasteiger partial charge in [0, 0.05) is 16.7 Å². The van der Waals surface area contributed by atoms with Crippen LogP contribution in [0.1, 0.15) is 31.9 Å². The third kappa shape index (κ3) is 3.76. The maximum absolute atomic E-state index is 9.56. The highest BCUT2D eigenvalue weighted by molar-refractivity contribution is 9.10. The average Bonchev–Trinajstić information content (AvgIpc) is 2.28. The Balaban J connectivity index is 2.98. The van der Waals surface area contributed by atoms with E-state index in [0.717, 1.165) is 28.7 Å². The number of anilines is 1. The normalized spacial score (nSPS) is 11.9. The lowest BCUT2D eigenvalue weighted by Gasteiger charge is -2.23. The molecule has 1 unspecified atom stereocenters. The molecule has 0 saturated carbocycles. The first kappa shape index (κ1) is 14.1. The SMILES string of the molecule is C#CCN(CCC)c1ccc(C(C)O)c(Br)c1. The number of benzene rings is 1. The summed E-state index contributed by atoms with van der Waals surface area (Å²) in [5.41, 5.74) is 1.98. The van der Waals surface area contributed by atoms with Crippen molar-refractivity contribution in [3.05, 3.63) is 28.2 Å². The van der Waals surface area contributed by atoms with E-state index in [1.807, 2.05) is 18.2 Å². The van der Waals surface area contributed by atoms with Crippen LogP contribution < -0.4 is 4.90 Å². The Morgan fingerprint density at radius 1 is 1.53 bits per heavy atom. The lowest BCUT2D eigenvalue weighted by molar-refractivity contribution is 0.198. The summed E-state index contributed by atoms with van der Waals surface area (Å²) in [4.78, 5) is 2.15. The molecule has 17 heavy (non-hydrogen) atoms. The van der Waals surface area contributed by atoms with Crippen LogP contribution in [0.25, 0.3) is 0 Å². The molecule has 0 heterocycles. The van der Waals surface area contributed by atoms with Crippen LogP contribution in [0.4, 0.5) is 5.69 Å². The molecule has 1 aromatic rings. The zero-order valence-corrected chi connectivity index (χ0v) is 11.9. The van der Waals surface area contributed by atoms with Gasteiger partial charge < -0.3 is 10.0 Å². The van der Waals surface area contributed by atoms with Crippen LogP contribution in [0.2, 0.25) is 0 Å². The average molecular weight is 296 g/mol. The van der Waals surface area contributed by atoms with Crippen molar-refractivity contribution >= 4 is 21.6 Å². The third-order valence-electron chi connectivity index (χ3n) is 2.57. The number of terminal acetylenes is 1. The van der Waals surface area contributed by atoms with Crippen LogP contribution in [-0.4, -0.2) is 18.2 Å². The monoisotopic (exact) mass is 295 g/mol. The Morgan fingerprint density at radius 3 is 2.71 bits per heavy atom. The molecule has 0 saturated heterocycles. The van der Waals surface area contributed by atoms with Crippen molar-refractivity contribution in [1.29, 1.82) is 0 Å². The minimum absolute atomic E-state index is 0.467. The molecule has 0 bridgehead atoms. The number of hydrogen-bond donors (Lipinski definition) is 1. The van der Waals surface area contributed by atoms with Crippen molar-refractivity contribution in [1.82, 2.24) is 0 Å². The quantitative estimate of drug-likeness (QED) is 0.842. The van der Waals surface area contributed by atoms with E-state index in [4.69, 9.17) is 6.42 Å². The number of nitrogens with zero attached hydrogens (tertiary/aromatic N) is 1. The minimum Gasteiger partial charge on any atom is -0.389 e. The summed E-state index contributed by atoms with van der Waals surface area (Å²) < 4.78 is 0.920. The highest BCUT2D eigenvalue weighted by Crippen LogP contribution is 2.28. The molecule has 1 atom stereocenters.